The second-order valence-electron chi connectivity index (χ2n) is 7.43. The van der Waals surface area contributed by atoms with Crippen LogP contribution in [0.1, 0.15) is 39.5 Å². The van der Waals surface area contributed by atoms with E-state index in [-0.39, 0.29) is 18.1 Å². The van der Waals surface area contributed by atoms with Crippen molar-refractivity contribution in [2.45, 2.75) is 57.7 Å². The number of anilines is 2. The van der Waals surface area contributed by atoms with Crippen LogP contribution in [0.15, 0.2) is 12.4 Å². The monoisotopic (exact) mass is 347 g/mol. The van der Waals surface area contributed by atoms with Crippen LogP contribution in [0, 0.1) is 5.92 Å². The molecule has 0 bridgehead atoms. The minimum Gasteiger partial charge on any atom is -0.376 e. The summed E-state index contributed by atoms with van der Waals surface area (Å²) in [5.74, 6) is 2.01. The van der Waals surface area contributed by atoms with Crippen LogP contribution >= 0.6 is 0 Å². The summed E-state index contributed by atoms with van der Waals surface area (Å²) in [6.07, 6.45) is 6.05. The van der Waals surface area contributed by atoms with E-state index in [1.165, 1.54) is 0 Å². The van der Waals surface area contributed by atoms with Gasteiger partial charge in [0.2, 0.25) is 5.91 Å². The molecular weight excluding hydrogens is 318 g/mol. The molecule has 1 aromatic rings. The van der Waals surface area contributed by atoms with Gasteiger partial charge in [0.1, 0.15) is 18.0 Å². The van der Waals surface area contributed by atoms with Crippen molar-refractivity contribution in [3.63, 3.8) is 0 Å². The first-order chi connectivity index (χ1) is 12.0. The molecule has 0 spiro atoms. The molecule has 0 radical (unpaired) electrons. The maximum absolute atomic E-state index is 12.0. The lowest BCUT2D eigenvalue weighted by molar-refractivity contribution is -0.119. The summed E-state index contributed by atoms with van der Waals surface area (Å²) in [7, 11) is 1.87. The fourth-order valence-corrected chi connectivity index (χ4v) is 3.24. The smallest absolute Gasteiger partial charge is 0.239 e. The summed E-state index contributed by atoms with van der Waals surface area (Å²) in [6.45, 7) is 5.49. The Balaban J connectivity index is 1.60. The highest BCUT2D eigenvalue weighted by atomic mass is 16.5. The minimum absolute atomic E-state index is 0.0404. The Kier molecular flexibility index (Phi) is 5.73. The molecule has 2 N–H and O–H groups in total. The highest BCUT2D eigenvalue weighted by molar-refractivity contribution is 5.81. The molecule has 138 valence electrons. The number of likely N-dealkylation sites (N-methyl/N-ethyl adjacent to an activating group) is 1. The van der Waals surface area contributed by atoms with E-state index >= 15 is 0 Å². The van der Waals surface area contributed by atoms with Crippen LogP contribution in [0.2, 0.25) is 0 Å². The molecule has 1 aliphatic heterocycles. The van der Waals surface area contributed by atoms with Crippen LogP contribution in [0.25, 0.3) is 0 Å². The maximum atomic E-state index is 12.0. The van der Waals surface area contributed by atoms with Gasteiger partial charge in [-0.25, -0.2) is 9.97 Å². The Hall–Kier alpha value is -1.89. The summed E-state index contributed by atoms with van der Waals surface area (Å²) in [5.41, 5.74) is 0. The Labute approximate surface area is 149 Å². The van der Waals surface area contributed by atoms with Gasteiger partial charge >= 0.3 is 0 Å². The number of rotatable bonds is 7. The molecule has 1 aromatic heterocycles. The van der Waals surface area contributed by atoms with Gasteiger partial charge in [0.25, 0.3) is 0 Å². The van der Waals surface area contributed by atoms with Gasteiger partial charge in [-0.15, -0.1) is 0 Å². The third-order valence-corrected chi connectivity index (χ3v) is 4.72. The van der Waals surface area contributed by atoms with Gasteiger partial charge in [0.15, 0.2) is 0 Å². The molecule has 1 saturated heterocycles. The first kappa shape index (κ1) is 17.9. The second kappa shape index (κ2) is 7.99. The zero-order valence-electron chi connectivity index (χ0n) is 15.4. The van der Waals surface area contributed by atoms with E-state index in [0.29, 0.717) is 18.5 Å². The molecule has 0 aromatic carbocycles. The van der Waals surface area contributed by atoms with Crippen molar-refractivity contribution in [2.75, 3.05) is 30.4 Å². The zero-order chi connectivity index (χ0) is 17.8. The van der Waals surface area contributed by atoms with E-state index < -0.39 is 0 Å². The van der Waals surface area contributed by atoms with Crippen LogP contribution in [0.5, 0.6) is 0 Å². The van der Waals surface area contributed by atoms with Crippen molar-refractivity contribution in [2.24, 2.45) is 5.92 Å². The van der Waals surface area contributed by atoms with E-state index in [4.69, 9.17) is 4.74 Å². The molecule has 1 aliphatic carbocycles. The van der Waals surface area contributed by atoms with Crippen molar-refractivity contribution >= 4 is 17.5 Å². The fraction of sp³-hybridized carbons (Fsp3) is 0.722. The number of nitrogens with one attached hydrogen (secondary N) is 2. The largest absolute Gasteiger partial charge is 0.376 e. The van der Waals surface area contributed by atoms with Gasteiger partial charge in [-0.3, -0.25) is 4.79 Å². The number of carbonyl (C=O) groups is 1. The lowest BCUT2D eigenvalue weighted by Gasteiger charge is -2.35. The van der Waals surface area contributed by atoms with Gasteiger partial charge in [-0.05, 0) is 31.6 Å². The lowest BCUT2D eigenvalue weighted by Crippen LogP contribution is -2.43. The average molecular weight is 347 g/mol. The summed E-state index contributed by atoms with van der Waals surface area (Å²) in [6, 6.07) is 2.53. The number of hydrogen-bond acceptors (Lipinski definition) is 6. The van der Waals surface area contributed by atoms with Gasteiger partial charge < -0.3 is 20.3 Å². The molecule has 2 aliphatic rings. The van der Waals surface area contributed by atoms with Crippen LogP contribution < -0.4 is 15.5 Å². The van der Waals surface area contributed by atoms with E-state index in [1.54, 1.807) is 6.33 Å². The molecule has 2 heterocycles. The Bertz CT molecular complexity index is 591. The predicted molar refractivity (Wildman–Crippen MR) is 97.7 cm³/mol. The molecule has 25 heavy (non-hydrogen) atoms. The van der Waals surface area contributed by atoms with Gasteiger partial charge in [-0.1, -0.05) is 13.8 Å². The molecule has 0 unspecified atom stereocenters. The van der Waals surface area contributed by atoms with E-state index in [1.807, 2.05) is 18.0 Å². The van der Waals surface area contributed by atoms with Gasteiger partial charge in [0, 0.05) is 25.8 Å². The SMILES string of the molecule is CC(C)[C@@H]1OCCC[C@@H]1Nc1cc(N(C)CC(=O)NC2CC2)ncn1. The quantitative estimate of drug-likeness (QED) is 0.783. The topological polar surface area (TPSA) is 79.4 Å². The summed E-state index contributed by atoms with van der Waals surface area (Å²) < 4.78 is 5.93. The summed E-state index contributed by atoms with van der Waals surface area (Å²) >= 11 is 0. The Morgan fingerprint density at radius 1 is 1.36 bits per heavy atom. The maximum Gasteiger partial charge on any atom is 0.239 e. The third kappa shape index (κ3) is 5.04. The molecule has 1 amide bonds. The molecule has 2 fully saturated rings. The number of nitrogens with zero attached hydrogens (tertiary/aromatic N) is 3. The number of ether oxygens (including phenoxy) is 1. The Morgan fingerprint density at radius 2 is 2.16 bits per heavy atom. The highest BCUT2D eigenvalue weighted by Gasteiger charge is 2.29. The third-order valence-electron chi connectivity index (χ3n) is 4.72. The van der Waals surface area contributed by atoms with Crippen LogP contribution in [-0.4, -0.2) is 54.3 Å². The van der Waals surface area contributed by atoms with E-state index in [9.17, 15) is 4.79 Å². The Morgan fingerprint density at radius 3 is 2.88 bits per heavy atom. The highest BCUT2D eigenvalue weighted by Crippen LogP contribution is 2.24. The molecular formula is C18H29N5O2. The van der Waals surface area contributed by atoms with E-state index in [0.717, 1.165) is 43.9 Å². The zero-order valence-corrected chi connectivity index (χ0v) is 15.4. The first-order valence-corrected chi connectivity index (χ1v) is 9.23. The average Bonchev–Trinajstić information content (AvgIpc) is 3.39. The molecule has 7 nitrogen and oxygen atoms in total. The van der Waals surface area contributed by atoms with Crippen LogP contribution in [0.3, 0.4) is 0 Å². The molecule has 7 heteroatoms. The number of aromatic nitrogens is 2. The number of carbonyl (C=O) groups excluding carboxylic acids is 1. The van der Waals surface area contributed by atoms with Crippen LogP contribution in [-0.2, 0) is 9.53 Å². The fourth-order valence-electron chi connectivity index (χ4n) is 3.24. The van der Waals surface area contributed by atoms with Gasteiger partial charge in [0.05, 0.1) is 18.7 Å². The van der Waals surface area contributed by atoms with Gasteiger partial charge in [-0.2, -0.15) is 0 Å². The van der Waals surface area contributed by atoms with Crippen LogP contribution in [0.4, 0.5) is 11.6 Å². The predicted octanol–water partition coefficient (Wildman–Crippen LogP) is 1.81. The van der Waals surface area contributed by atoms with Crippen molar-refractivity contribution in [3.05, 3.63) is 12.4 Å². The van der Waals surface area contributed by atoms with E-state index in [2.05, 4.69) is 34.4 Å². The number of amides is 1. The summed E-state index contributed by atoms with van der Waals surface area (Å²) in [4.78, 5) is 22.5. The molecule has 2 atom stereocenters. The molecule has 3 rings (SSSR count). The summed E-state index contributed by atoms with van der Waals surface area (Å²) in [5, 5.41) is 6.50. The first-order valence-electron chi connectivity index (χ1n) is 9.23. The van der Waals surface area contributed by atoms with Crippen molar-refractivity contribution < 1.29 is 9.53 Å². The van der Waals surface area contributed by atoms with Crippen molar-refractivity contribution in [3.8, 4) is 0 Å². The number of hydrogen-bond donors (Lipinski definition) is 2. The lowest BCUT2D eigenvalue weighted by atomic mass is 9.94. The second-order valence-corrected chi connectivity index (χ2v) is 7.43. The van der Waals surface area contributed by atoms with Crippen molar-refractivity contribution in [1.29, 1.82) is 0 Å². The van der Waals surface area contributed by atoms with Crippen molar-refractivity contribution in [1.82, 2.24) is 15.3 Å². The normalized spacial score (nSPS) is 23.4. The standard InChI is InChI=1S/C18H29N5O2/c1-12(2)18-14(5-4-8-25-18)22-15-9-16(20-11-19-15)23(3)10-17(24)21-13-6-7-13/h9,11-14,18H,4-8,10H2,1-3H3,(H,21,24)(H,19,20,22)/t14-,18-/m0/s1. The molecule has 1 saturated carbocycles. The minimum atomic E-state index is 0.0404.